The van der Waals surface area contributed by atoms with Gasteiger partial charge < -0.3 is 10.6 Å². The lowest BCUT2D eigenvalue weighted by atomic mass is 10.1. The lowest BCUT2D eigenvalue weighted by Crippen LogP contribution is -2.27. The molecule has 0 spiro atoms. The Bertz CT molecular complexity index is 970. The quantitative estimate of drug-likeness (QED) is 0.645. The van der Waals surface area contributed by atoms with E-state index in [0.29, 0.717) is 11.6 Å². The van der Waals surface area contributed by atoms with Gasteiger partial charge in [0.2, 0.25) is 5.95 Å². The Hall–Kier alpha value is -3.21. The molecule has 0 aliphatic rings. The lowest BCUT2D eigenvalue weighted by Gasteiger charge is -2.16. The Morgan fingerprint density at radius 2 is 1.79 bits per heavy atom. The Kier molecular flexibility index (Phi) is 6.04. The Balaban J connectivity index is 1.83. The number of hydrogen-bond acceptors (Lipinski definition) is 4. The molecule has 28 heavy (non-hydrogen) atoms. The summed E-state index contributed by atoms with van der Waals surface area (Å²) >= 11 is 0. The molecule has 2 aromatic carbocycles. The monoisotopic (exact) mass is 374 g/mol. The highest BCUT2D eigenvalue weighted by Crippen LogP contribution is 2.24. The van der Waals surface area contributed by atoms with Crippen molar-refractivity contribution >= 4 is 17.5 Å². The Morgan fingerprint density at radius 3 is 2.50 bits per heavy atom. The van der Waals surface area contributed by atoms with Gasteiger partial charge in [-0.2, -0.15) is 0 Å². The van der Waals surface area contributed by atoms with E-state index in [0.717, 1.165) is 28.9 Å². The molecule has 1 atom stereocenters. The average Bonchev–Trinajstić information content (AvgIpc) is 2.69. The van der Waals surface area contributed by atoms with Crippen molar-refractivity contribution in [2.75, 3.05) is 5.32 Å². The van der Waals surface area contributed by atoms with Gasteiger partial charge in [-0.25, -0.2) is 9.97 Å². The number of aromatic nitrogens is 2. The van der Waals surface area contributed by atoms with Crippen molar-refractivity contribution in [2.24, 2.45) is 0 Å². The molecule has 0 radical (unpaired) electrons. The van der Waals surface area contributed by atoms with Gasteiger partial charge in [-0.3, -0.25) is 4.79 Å². The van der Waals surface area contributed by atoms with Crippen molar-refractivity contribution in [3.05, 3.63) is 82.7 Å². The van der Waals surface area contributed by atoms with Crippen LogP contribution in [-0.4, -0.2) is 15.9 Å². The van der Waals surface area contributed by atoms with E-state index in [9.17, 15) is 4.79 Å². The number of carbonyl (C=O) groups is 1. The molecule has 0 saturated heterocycles. The first kappa shape index (κ1) is 19.5. The summed E-state index contributed by atoms with van der Waals surface area (Å²) in [4.78, 5) is 21.7. The van der Waals surface area contributed by atoms with E-state index in [1.165, 1.54) is 5.56 Å². The van der Waals surface area contributed by atoms with Crippen LogP contribution >= 0.6 is 0 Å². The molecule has 0 aliphatic heterocycles. The summed E-state index contributed by atoms with van der Waals surface area (Å²) in [7, 11) is 0. The zero-order valence-electron chi connectivity index (χ0n) is 16.8. The number of nitrogens with zero attached hydrogens (tertiary/aromatic N) is 2. The minimum atomic E-state index is -0.217. The molecule has 1 amide bonds. The minimum Gasteiger partial charge on any atom is -0.344 e. The number of para-hydroxylation sites is 1. The number of carbonyl (C=O) groups excluding carboxylic acids is 1. The van der Waals surface area contributed by atoms with Gasteiger partial charge in [-0.05, 0) is 49.9 Å². The van der Waals surface area contributed by atoms with Gasteiger partial charge >= 0.3 is 0 Å². The van der Waals surface area contributed by atoms with E-state index in [1.54, 1.807) is 6.07 Å². The number of amides is 1. The molecule has 5 nitrogen and oxygen atoms in total. The standard InChI is InChI=1S/C23H26N4O/c1-5-18-13-9-10-15(2)21(18)27-23-24-16(3)14-20(26-23)22(28)25-17(4)19-11-7-6-8-12-19/h6-14,17H,5H2,1-4H3,(H,25,28)(H,24,26,27). The zero-order valence-corrected chi connectivity index (χ0v) is 16.8. The van der Waals surface area contributed by atoms with Gasteiger partial charge in [0, 0.05) is 11.4 Å². The van der Waals surface area contributed by atoms with Crippen molar-refractivity contribution in [3.8, 4) is 0 Å². The molecule has 3 aromatic rings. The summed E-state index contributed by atoms with van der Waals surface area (Å²) in [5.74, 6) is 0.215. The number of benzene rings is 2. The third-order valence-corrected chi connectivity index (χ3v) is 4.71. The molecule has 144 valence electrons. The lowest BCUT2D eigenvalue weighted by molar-refractivity contribution is 0.0934. The highest BCUT2D eigenvalue weighted by molar-refractivity contribution is 5.93. The van der Waals surface area contributed by atoms with Crippen molar-refractivity contribution in [2.45, 2.75) is 40.2 Å². The van der Waals surface area contributed by atoms with E-state index in [-0.39, 0.29) is 11.9 Å². The van der Waals surface area contributed by atoms with Crippen LogP contribution in [0.2, 0.25) is 0 Å². The molecular formula is C23H26N4O. The van der Waals surface area contributed by atoms with Crippen LogP contribution in [-0.2, 0) is 6.42 Å². The summed E-state index contributed by atoms with van der Waals surface area (Å²) in [6.07, 6.45) is 0.901. The Labute approximate surface area is 166 Å². The van der Waals surface area contributed by atoms with Gasteiger partial charge in [0.25, 0.3) is 5.91 Å². The van der Waals surface area contributed by atoms with Gasteiger partial charge in [-0.15, -0.1) is 0 Å². The second kappa shape index (κ2) is 8.65. The maximum absolute atomic E-state index is 12.7. The molecule has 0 saturated carbocycles. The van der Waals surface area contributed by atoms with Crippen LogP contribution in [0.5, 0.6) is 0 Å². The van der Waals surface area contributed by atoms with E-state index < -0.39 is 0 Å². The van der Waals surface area contributed by atoms with Crippen molar-refractivity contribution in [3.63, 3.8) is 0 Å². The first-order chi connectivity index (χ1) is 13.5. The molecule has 3 rings (SSSR count). The number of hydrogen-bond donors (Lipinski definition) is 2. The summed E-state index contributed by atoms with van der Waals surface area (Å²) < 4.78 is 0. The third kappa shape index (κ3) is 4.55. The van der Waals surface area contributed by atoms with Crippen LogP contribution in [0, 0.1) is 13.8 Å². The minimum absolute atomic E-state index is 0.108. The zero-order chi connectivity index (χ0) is 20.1. The van der Waals surface area contributed by atoms with Crippen LogP contribution in [0.25, 0.3) is 0 Å². The molecule has 1 aromatic heterocycles. The predicted molar refractivity (Wildman–Crippen MR) is 113 cm³/mol. The van der Waals surface area contributed by atoms with E-state index >= 15 is 0 Å². The van der Waals surface area contributed by atoms with E-state index in [4.69, 9.17) is 0 Å². The summed E-state index contributed by atoms with van der Waals surface area (Å²) in [5.41, 5.74) is 5.44. The maximum Gasteiger partial charge on any atom is 0.270 e. The summed E-state index contributed by atoms with van der Waals surface area (Å²) in [5, 5.41) is 6.32. The summed E-state index contributed by atoms with van der Waals surface area (Å²) in [6.45, 7) is 7.98. The van der Waals surface area contributed by atoms with Crippen LogP contribution in [0.1, 0.15) is 52.8 Å². The predicted octanol–water partition coefficient (Wildman–Crippen LogP) is 4.89. The molecule has 1 unspecified atom stereocenters. The maximum atomic E-state index is 12.7. The first-order valence-corrected chi connectivity index (χ1v) is 9.55. The molecule has 0 bridgehead atoms. The average molecular weight is 374 g/mol. The third-order valence-electron chi connectivity index (χ3n) is 4.71. The van der Waals surface area contributed by atoms with Gasteiger partial charge in [-0.1, -0.05) is 55.5 Å². The van der Waals surface area contributed by atoms with Crippen molar-refractivity contribution in [1.29, 1.82) is 0 Å². The number of aryl methyl sites for hydroxylation is 3. The van der Waals surface area contributed by atoms with E-state index in [1.807, 2.05) is 63.2 Å². The normalized spacial score (nSPS) is 11.7. The number of nitrogens with one attached hydrogen (secondary N) is 2. The smallest absolute Gasteiger partial charge is 0.270 e. The highest BCUT2D eigenvalue weighted by Gasteiger charge is 2.15. The van der Waals surface area contributed by atoms with Crippen LogP contribution in [0.3, 0.4) is 0 Å². The molecule has 1 heterocycles. The topological polar surface area (TPSA) is 66.9 Å². The van der Waals surface area contributed by atoms with Gasteiger partial charge in [0.1, 0.15) is 5.69 Å². The fraction of sp³-hybridized carbons (Fsp3) is 0.261. The van der Waals surface area contributed by atoms with Crippen molar-refractivity contribution in [1.82, 2.24) is 15.3 Å². The molecule has 0 aliphatic carbocycles. The molecule has 2 N–H and O–H groups in total. The van der Waals surface area contributed by atoms with Crippen LogP contribution in [0.15, 0.2) is 54.6 Å². The highest BCUT2D eigenvalue weighted by atomic mass is 16.1. The summed E-state index contributed by atoms with van der Waals surface area (Å²) in [6, 6.07) is 17.6. The Morgan fingerprint density at radius 1 is 1.04 bits per heavy atom. The fourth-order valence-electron chi connectivity index (χ4n) is 3.15. The van der Waals surface area contributed by atoms with E-state index in [2.05, 4.69) is 33.6 Å². The van der Waals surface area contributed by atoms with Gasteiger partial charge in [0.15, 0.2) is 0 Å². The van der Waals surface area contributed by atoms with Crippen LogP contribution in [0.4, 0.5) is 11.6 Å². The fourth-order valence-corrected chi connectivity index (χ4v) is 3.15. The second-order valence-electron chi connectivity index (χ2n) is 6.91. The number of anilines is 2. The first-order valence-electron chi connectivity index (χ1n) is 9.55. The van der Waals surface area contributed by atoms with Gasteiger partial charge in [0.05, 0.1) is 6.04 Å². The SMILES string of the molecule is CCc1cccc(C)c1Nc1nc(C)cc(C(=O)NC(C)c2ccccc2)n1. The molecule has 0 fully saturated rings. The van der Waals surface area contributed by atoms with Crippen LogP contribution < -0.4 is 10.6 Å². The van der Waals surface area contributed by atoms with Crippen molar-refractivity contribution < 1.29 is 4.79 Å². The molecule has 5 heteroatoms. The number of rotatable bonds is 6. The molecular weight excluding hydrogens is 348 g/mol. The largest absolute Gasteiger partial charge is 0.344 e. The second-order valence-corrected chi connectivity index (χ2v) is 6.91.